The van der Waals surface area contributed by atoms with Crippen molar-refractivity contribution in [2.75, 3.05) is 16.3 Å². The van der Waals surface area contributed by atoms with E-state index >= 15 is 0 Å². The third kappa shape index (κ3) is 3.22. The molecule has 4 nitrogen and oxygen atoms in total. The van der Waals surface area contributed by atoms with Crippen molar-refractivity contribution in [1.29, 1.82) is 0 Å². The second-order valence-corrected chi connectivity index (χ2v) is 6.94. The molecule has 2 aromatic rings. The summed E-state index contributed by atoms with van der Waals surface area (Å²) < 4.78 is 0.933. The number of carbonyl (C=O) groups excluding carboxylic acids is 2. The minimum absolute atomic E-state index is 0.0373. The van der Waals surface area contributed by atoms with E-state index in [2.05, 4.69) is 22.0 Å². The topological polar surface area (TPSA) is 40.6 Å². The van der Waals surface area contributed by atoms with Crippen molar-refractivity contribution in [2.45, 2.75) is 26.3 Å². The van der Waals surface area contributed by atoms with Crippen molar-refractivity contribution in [3.05, 3.63) is 58.6 Å². The van der Waals surface area contributed by atoms with Gasteiger partial charge in [-0.2, -0.15) is 0 Å². The number of para-hydroxylation sites is 1. The molecule has 0 aliphatic carbocycles. The molecule has 0 bridgehead atoms. The highest BCUT2D eigenvalue weighted by atomic mass is 79.9. The summed E-state index contributed by atoms with van der Waals surface area (Å²) in [6, 6.07) is 15.4. The number of fused-ring (bicyclic) bond motifs is 1. The van der Waals surface area contributed by atoms with Crippen LogP contribution in [0, 0.1) is 0 Å². The minimum Gasteiger partial charge on any atom is -0.307 e. The van der Waals surface area contributed by atoms with E-state index in [1.54, 1.807) is 0 Å². The summed E-state index contributed by atoms with van der Waals surface area (Å²) in [6.45, 7) is 3.56. The molecule has 0 saturated carbocycles. The zero-order valence-electron chi connectivity index (χ0n) is 13.7. The van der Waals surface area contributed by atoms with E-state index in [1.807, 2.05) is 54.3 Å². The van der Waals surface area contributed by atoms with Gasteiger partial charge in [0.05, 0.1) is 0 Å². The maximum absolute atomic E-state index is 12.9. The fraction of sp³-hybridized carbons (Fsp3) is 0.263. The fourth-order valence-electron chi connectivity index (χ4n) is 3.16. The van der Waals surface area contributed by atoms with E-state index < -0.39 is 0 Å². The number of anilines is 2. The van der Waals surface area contributed by atoms with Gasteiger partial charge in [-0.1, -0.05) is 34.1 Å². The molecule has 0 saturated heterocycles. The van der Waals surface area contributed by atoms with Gasteiger partial charge in [0.15, 0.2) is 0 Å². The number of carbonyl (C=O) groups is 2. The SMILES string of the molecule is CC(=O)N(CC(=O)N1c2ccccc2CC1C)c1ccc(Br)cc1. The minimum atomic E-state index is -0.147. The number of nitrogens with zero attached hydrogens (tertiary/aromatic N) is 2. The third-order valence-electron chi connectivity index (χ3n) is 4.29. The maximum atomic E-state index is 12.9. The number of rotatable bonds is 3. The van der Waals surface area contributed by atoms with Gasteiger partial charge in [-0.05, 0) is 49.2 Å². The van der Waals surface area contributed by atoms with E-state index in [4.69, 9.17) is 0 Å². The Balaban J connectivity index is 1.84. The van der Waals surface area contributed by atoms with Crippen LogP contribution in [0.2, 0.25) is 0 Å². The Morgan fingerprint density at radius 2 is 1.83 bits per heavy atom. The average Bonchev–Trinajstić information content (AvgIpc) is 2.89. The second-order valence-electron chi connectivity index (χ2n) is 6.03. The van der Waals surface area contributed by atoms with Crippen molar-refractivity contribution in [1.82, 2.24) is 0 Å². The number of benzene rings is 2. The van der Waals surface area contributed by atoms with E-state index in [0.29, 0.717) is 0 Å². The molecular formula is C19H19BrN2O2. The standard InChI is InChI=1S/C19H19BrN2O2/c1-13-11-15-5-3-4-6-18(15)22(13)19(24)12-21(14(2)23)17-9-7-16(20)8-10-17/h3-10,13H,11-12H2,1-2H3. The van der Waals surface area contributed by atoms with Crippen LogP contribution < -0.4 is 9.80 Å². The van der Waals surface area contributed by atoms with E-state index in [-0.39, 0.29) is 24.4 Å². The fourth-order valence-corrected chi connectivity index (χ4v) is 3.43. The van der Waals surface area contributed by atoms with Crippen LogP contribution >= 0.6 is 15.9 Å². The first-order chi connectivity index (χ1) is 11.5. The number of halogens is 1. The van der Waals surface area contributed by atoms with Gasteiger partial charge < -0.3 is 9.80 Å². The van der Waals surface area contributed by atoms with Crippen molar-refractivity contribution >= 4 is 39.1 Å². The number of hydrogen-bond donors (Lipinski definition) is 0. The Kier molecular flexibility index (Phi) is 4.71. The Hall–Kier alpha value is -2.14. The molecule has 1 aliphatic heterocycles. The van der Waals surface area contributed by atoms with Crippen molar-refractivity contribution in [2.24, 2.45) is 0 Å². The highest BCUT2D eigenvalue weighted by Gasteiger charge is 2.31. The lowest BCUT2D eigenvalue weighted by atomic mass is 10.1. The lowest BCUT2D eigenvalue weighted by Gasteiger charge is -2.27. The molecule has 0 spiro atoms. The number of hydrogen-bond acceptors (Lipinski definition) is 2. The monoisotopic (exact) mass is 386 g/mol. The molecule has 0 radical (unpaired) electrons. The molecule has 124 valence electrons. The second kappa shape index (κ2) is 6.77. The zero-order chi connectivity index (χ0) is 17.3. The van der Waals surface area contributed by atoms with Crippen LogP contribution in [-0.4, -0.2) is 24.4 Å². The molecule has 2 amide bonds. The van der Waals surface area contributed by atoms with Crippen LogP contribution in [0.25, 0.3) is 0 Å². The van der Waals surface area contributed by atoms with E-state index in [0.717, 1.165) is 22.3 Å². The summed E-state index contributed by atoms with van der Waals surface area (Å²) in [5, 5.41) is 0. The molecule has 24 heavy (non-hydrogen) atoms. The molecule has 0 aromatic heterocycles. The quantitative estimate of drug-likeness (QED) is 0.804. The van der Waals surface area contributed by atoms with E-state index in [1.165, 1.54) is 17.4 Å². The van der Waals surface area contributed by atoms with Gasteiger partial charge in [0.25, 0.3) is 0 Å². The van der Waals surface area contributed by atoms with Crippen LogP contribution in [0.4, 0.5) is 11.4 Å². The summed E-state index contributed by atoms with van der Waals surface area (Å²) in [5.74, 6) is -0.212. The summed E-state index contributed by atoms with van der Waals surface area (Å²) in [4.78, 5) is 28.3. The molecule has 1 atom stereocenters. The molecule has 2 aromatic carbocycles. The Labute approximate surface area is 150 Å². The summed E-state index contributed by atoms with van der Waals surface area (Å²) in [5.41, 5.74) is 2.85. The van der Waals surface area contributed by atoms with Gasteiger partial charge in [0, 0.05) is 28.8 Å². The summed E-state index contributed by atoms with van der Waals surface area (Å²) in [6.07, 6.45) is 0.847. The normalized spacial score (nSPS) is 16.0. The predicted molar refractivity (Wildman–Crippen MR) is 99.3 cm³/mol. The smallest absolute Gasteiger partial charge is 0.247 e. The van der Waals surface area contributed by atoms with Crippen LogP contribution in [0.5, 0.6) is 0 Å². The van der Waals surface area contributed by atoms with Crippen molar-refractivity contribution in [3.63, 3.8) is 0 Å². The van der Waals surface area contributed by atoms with Gasteiger partial charge in [0.2, 0.25) is 11.8 Å². The lowest BCUT2D eigenvalue weighted by molar-refractivity contribution is -0.121. The molecule has 5 heteroatoms. The summed E-state index contributed by atoms with van der Waals surface area (Å²) >= 11 is 3.38. The highest BCUT2D eigenvalue weighted by molar-refractivity contribution is 9.10. The van der Waals surface area contributed by atoms with Crippen LogP contribution in [0.3, 0.4) is 0 Å². The molecule has 1 unspecified atom stereocenters. The van der Waals surface area contributed by atoms with Crippen molar-refractivity contribution in [3.8, 4) is 0 Å². The highest BCUT2D eigenvalue weighted by Crippen LogP contribution is 2.32. The van der Waals surface area contributed by atoms with Gasteiger partial charge in [-0.25, -0.2) is 0 Å². The van der Waals surface area contributed by atoms with Gasteiger partial charge >= 0.3 is 0 Å². The number of amides is 2. The largest absolute Gasteiger partial charge is 0.307 e. The van der Waals surface area contributed by atoms with Gasteiger partial charge in [0.1, 0.15) is 6.54 Å². The third-order valence-corrected chi connectivity index (χ3v) is 4.82. The van der Waals surface area contributed by atoms with E-state index in [9.17, 15) is 9.59 Å². The molecule has 3 rings (SSSR count). The first kappa shape index (κ1) is 16.7. The Morgan fingerprint density at radius 3 is 2.50 bits per heavy atom. The lowest BCUT2D eigenvalue weighted by Crippen LogP contribution is -2.44. The zero-order valence-corrected chi connectivity index (χ0v) is 15.3. The van der Waals surface area contributed by atoms with Crippen LogP contribution in [0.1, 0.15) is 19.4 Å². The molecule has 1 aliphatic rings. The summed E-state index contributed by atoms with van der Waals surface area (Å²) in [7, 11) is 0. The van der Waals surface area contributed by atoms with Crippen molar-refractivity contribution < 1.29 is 9.59 Å². The van der Waals surface area contributed by atoms with Gasteiger partial charge in [-0.3, -0.25) is 9.59 Å². The molecule has 0 N–H and O–H groups in total. The molecule has 1 heterocycles. The first-order valence-electron chi connectivity index (χ1n) is 7.91. The first-order valence-corrected chi connectivity index (χ1v) is 8.70. The van der Waals surface area contributed by atoms with Crippen LogP contribution in [-0.2, 0) is 16.0 Å². The average molecular weight is 387 g/mol. The van der Waals surface area contributed by atoms with Gasteiger partial charge in [-0.15, -0.1) is 0 Å². The van der Waals surface area contributed by atoms with Crippen LogP contribution in [0.15, 0.2) is 53.0 Å². The maximum Gasteiger partial charge on any atom is 0.247 e. The predicted octanol–water partition coefficient (Wildman–Crippen LogP) is 3.78. The molecule has 0 fully saturated rings. The Morgan fingerprint density at radius 1 is 1.17 bits per heavy atom. The Bertz CT molecular complexity index is 773. The molecular weight excluding hydrogens is 368 g/mol.